The Morgan fingerprint density at radius 2 is 1.37 bits per heavy atom. The highest BCUT2D eigenvalue weighted by atomic mass is 28.4. The highest BCUT2D eigenvalue weighted by molar-refractivity contribution is 6.74. The lowest BCUT2D eigenvalue weighted by atomic mass is 9.96. The molecule has 30 heavy (non-hydrogen) atoms. The van der Waals surface area contributed by atoms with Crippen LogP contribution in [-0.2, 0) is 4.43 Å². The third-order valence-corrected chi connectivity index (χ3v) is 10.6. The van der Waals surface area contributed by atoms with E-state index < -0.39 is 33.2 Å². The highest BCUT2D eigenvalue weighted by Crippen LogP contribution is 2.36. The molecule has 2 rings (SSSR count). The molecule has 166 valence electrons. The summed E-state index contributed by atoms with van der Waals surface area (Å²) in [7, 11) is -2.06. The molecule has 0 aromatic heterocycles. The Balaban J connectivity index is 2.33. The van der Waals surface area contributed by atoms with E-state index in [0.29, 0.717) is 0 Å². The second-order valence-electron chi connectivity index (χ2n) is 9.34. The quantitative estimate of drug-likeness (QED) is 0.433. The molecule has 0 aliphatic carbocycles. The van der Waals surface area contributed by atoms with E-state index in [0.717, 1.165) is 11.1 Å². The number of aliphatic hydroxyl groups excluding tert-OH is 3. The van der Waals surface area contributed by atoms with Gasteiger partial charge in [0.1, 0.15) is 6.10 Å². The van der Waals surface area contributed by atoms with Gasteiger partial charge < -0.3 is 19.7 Å². The SMILES string of the molecule is CC(C)(C)[Si](C)(C)OC[C@@H](NC(c1ccccc1)c1ccccc1)[C@H](O)[C@H](O)CO. The second-order valence-corrected chi connectivity index (χ2v) is 14.1. The Hall–Kier alpha value is -1.54. The molecule has 0 radical (unpaired) electrons. The van der Waals surface area contributed by atoms with Crippen LogP contribution >= 0.6 is 0 Å². The van der Waals surface area contributed by atoms with Gasteiger partial charge in [-0.25, -0.2) is 0 Å². The largest absolute Gasteiger partial charge is 0.415 e. The van der Waals surface area contributed by atoms with Gasteiger partial charge in [-0.1, -0.05) is 81.4 Å². The van der Waals surface area contributed by atoms with E-state index in [4.69, 9.17) is 4.43 Å². The zero-order valence-corrected chi connectivity index (χ0v) is 19.7. The Bertz CT molecular complexity index is 709. The number of hydrogen-bond acceptors (Lipinski definition) is 5. The van der Waals surface area contributed by atoms with Crippen molar-refractivity contribution in [2.24, 2.45) is 0 Å². The van der Waals surface area contributed by atoms with Gasteiger partial charge in [-0.15, -0.1) is 0 Å². The Labute approximate surface area is 181 Å². The summed E-state index contributed by atoms with van der Waals surface area (Å²) < 4.78 is 6.37. The van der Waals surface area contributed by atoms with Gasteiger partial charge in [0.25, 0.3) is 0 Å². The van der Waals surface area contributed by atoms with Crippen molar-refractivity contribution in [1.29, 1.82) is 0 Å². The zero-order valence-electron chi connectivity index (χ0n) is 18.7. The van der Waals surface area contributed by atoms with Gasteiger partial charge in [-0.2, -0.15) is 0 Å². The van der Waals surface area contributed by atoms with Crippen molar-refractivity contribution in [3.05, 3.63) is 71.8 Å². The summed E-state index contributed by atoms with van der Waals surface area (Å²) in [4.78, 5) is 0. The van der Waals surface area contributed by atoms with Crippen molar-refractivity contribution >= 4 is 8.32 Å². The monoisotopic (exact) mass is 431 g/mol. The lowest BCUT2D eigenvalue weighted by Crippen LogP contribution is -2.53. The number of aliphatic hydroxyl groups is 3. The third kappa shape index (κ3) is 6.48. The summed E-state index contributed by atoms with van der Waals surface area (Å²) in [6.45, 7) is 10.5. The summed E-state index contributed by atoms with van der Waals surface area (Å²) >= 11 is 0. The van der Waals surface area contributed by atoms with Gasteiger partial charge in [-0.3, -0.25) is 5.32 Å². The molecule has 2 aromatic rings. The van der Waals surface area contributed by atoms with Gasteiger partial charge in [-0.05, 0) is 29.3 Å². The average molecular weight is 432 g/mol. The fraction of sp³-hybridized carbons (Fsp3) is 0.500. The van der Waals surface area contributed by atoms with Crippen LogP contribution < -0.4 is 5.32 Å². The van der Waals surface area contributed by atoms with Crippen LogP contribution in [0.2, 0.25) is 18.1 Å². The normalized spacial score (nSPS) is 15.8. The van der Waals surface area contributed by atoms with Crippen LogP contribution in [0.3, 0.4) is 0 Å². The fourth-order valence-corrected chi connectivity index (χ4v) is 4.06. The molecule has 0 unspecified atom stereocenters. The minimum Gasteiger partial charge on any atom is -0.415 e. The first-order valence-corrected chi connectivity index (χ1v) is 13.4. The van der Waals surface area contributed by atoms with E-state index in [2.05, 4.69) is 39.2 Å². The molecule has 3 atom stereocenters. The fourth-order valence-electron chi connectivity index (χ4n) is 3.03. The van der Waals surface area contributed by atoms with Crippen LogP contribution in [0.5, 0.6) is 0 Å². The molecule has 0 bridgehead atoms. The molecular formula is C24H37NO4Si. The molecule has 6 heteroatoms. The number of rotatable bonds is 10. The number of benzene rings is 2. The molecule has 0 spiro atoms. The van der Waals surface area contributed by atoms with Gasteiger partial charge in [0.05, 0.1) is 31.4 Å². The van der Waals surface area contributed by atoms with Crippen molar-refractivity contribution in [2.75, 3.05) is 13.2 Å². The minimum atomic E-state index is -2.06. The topological polar surface area (TPSA) is 82.0 Å². The van der Waals surface area contributed by atoms with E-state index in [1.165, 1.54) is 0 Å². The smallest absolute Gasteiger partial charge is 0.192 e. The maximum atomic E-state index is 10.8. The predicted octanol–water partition coefficient (Wildman–Crippen LogP) is 3.47. The van der Waals surface area contributed by atoms with Crippen molar-refractivity contribution in [3.8, 4) is 0 Å². The molecule has 5 nitrogen and oxygen atoms in total. The molecule has 0 saturated carbocycles. The maximum absolute atomic E-state index is 10.8. The molecule has 0 amide bonds. The molecule has 0 heterocycles. The number of hydrogen-bond donors (Lipinski definition) is 4. The van der Waals surface area contributed by atoms with Crippen LogP contribution in [0.25, 0.3) is 0 Å². The van der Waals surface area contributed by atoms with Gasteiger partial charge in [0.2, 0.25) is 0 Å². The number of nitrogens with one attached hydrogen (secondary N) is 1. The lowest BCUT2D eigenvalue weighted by molar-refractivity contribution is -0.0413. The second kappa shape index (κ2) is 10.7. The van der Waals surface area contributed by atoms with E-state index in [1.807, 2.05) is 60.7 Å². The molecule has 0 saturated heterocycles. The molecule has 0 aliphatic heterocycles. The lowest BCUT2D eigenvalue weighted by Gasteiger charge is -2.39. The summed E-state index contributed by atoms with van der Waals surface area (Å²) in [6, 6.07) is 19.2. The Morgan fingerprint density at radius 3 is 1.77 bits per heavy atom. The van der Waals surface area contributed by atoms with Crippen molar-refractivity contribution in [3.63, 3.8) is 0 Å². The first kappa shape index (κ1) is 24.7. The van der Waals surface area contributed by atoms with Crippen LogP contribution in [0.15, 0.2) is 60.7 Å². The Morgan fingerprint density at radius 1 is 0.900 bits per heavy atom. The van der Waals surface area contributed by atoms with E-state index >= 15 is 0 Å². The van der Waals surface area contributed by atoms with E-state index in [1.54, 1.807) is 0 Å². The summed E-state index contributed by atoms with van der Waals surface area (Å²) in [5.41, 5.74) is 2.10. The van der Waals surface area contributed by atoms with Crippen LogP contribution in [0, 0.1) is 0 Å². The zero-order chi connectivity index (χ0) is 22.4. The van der Waals surface area contributed by atoms with E-state index in [-0.39, 0.29) is 17.7 Å². The molecule has 2 aromatic carbocycles. The Kier molecular flexibility index (Phi) is 8.79. The van der Waals surface area contributed by atoms with Gasteiger partial charge >= 0.3 is 0 Å². The van der Waals surface area contributed by atoms with Crippen LogP contribution in [0.1, 0.15) is 37.9 Å². The average Bonchev–Trinajstić information content (AvgIpc) is 2.73. The van der Waals surface area contributed by atoms with Gasteiger partial charge in [0.15, 0.2) is 8.32 Å². The van der Waals surface area contributed by atoms with Crippen LogP contribution in [-0.4, -0.2) is 55.1 Å². The molecule has 4 N–H and O–H groups in total. The van der Waals surface area contributed by atoms with E-state index in [9.17, 15) is 15.3 Å². The van der Waals surface area contributed by atoms with Gasteiger partial charge in [0, 0.05) is 0 Å². The maximum Gasteiger partial charge on any atom is 0.192 e. The summed E-state index contributed by atoms with van der Waals surface area (Å²) in [5, 5.41) is 33.9. The first-order chi connectivity index (χ1) is 14.1. The minimum absolute atomic E-state index is 0.0242. The molecule has 0 aliphatic rings. The summed E-state index contributed by atoms with van der Waals surface area (Å²) in [5.74, 6) is 0. The first-order valence-electron chi connectivity index (χ1n) is 10.5. The van der Waals surface area contributed by atoms with Crippen LogP contribution in [0.4, 0.5) is 0 Å². The highest BCUT2D eigenvalue weighted by Gasteiger charge is 2.39. The van der Waals surface area contributed by atoms with Crippen molar-refractivity contribution in [1.82, 2.24) is 5.32 Å². The third-order valence-electron chi connectivity index (χ3n) is 6.07. The van der Waals surface area contributed by atoms with Crippen molar-refractivity contribution in [2.45, 2.75) is 63.2 Å². The summed E-state index contributed by atoms with van der Waals surface area (Å²) in [6.07, 6.45) is -2.42. The van der Waals surface area contributed by atoms with Crippen molar-refractivity contribution < 1.29 is 19.7 Å². The standard InChI is InChI=1S/C24H37NO4Si/c1-24(2,3)30(4,5)29-17-20(23(28)21(27)16-26)25-22(18-12-8-6-9-13-18)19-14-10-7-11-15-19/h6-15,20-23,25-28H,16-17H2,1-5H3/t20-,21-,23+/m1/s1. The molecular weight excluding hydrogens is 394 g/mol. The predicted molar refractivity (Wildman–Crippen MR) is 124 cm³/mol. The molecule has 0 fully saturated rings.